The summed E-state index contributed by atoms with van der Waals surface area (Å²) in [6.45, 7) is 4.32. The van der Waals surface area contributed by atoms with E-state index in [-0.39, 0.29) is 0 Å². The van der Waals surface area contributed by atoms with Crippen LogP contribution < -0.4 is 16.8 Å². The van der Waals surface area contributed by atoms with Crippen LogP contribution in [0.4, 0.5) is 0 Å². The molecule has 3 heteroatoms. The van der Waals surface area contributed by atoms with Gasteiger partial charge in [-0.1, -0.05) is 13.8 Å². The average molecular weight is 171 g/mol. The number of rotatable bonds is 2. The Morgan fingerprint density at radius 1 is 1.08 bits per heavy atom. The van der Waals surface area contributed by atoms with E-state index in [4.69, 9.17) is 11.5 Å². The van der Waals surface area contributed by atoms with Gasteiger partial charge >= 0.3 is 0 Å². The van der Waals surface area contributed by atoms with Gasteiger partial charge in [0.05, 0.1) is 0 Å². The highest BCUT2D eigenvalue weighted by molar-refractivity contribution is 4.87. The summed E-state index contributed by atoms with van der Waals surface area (Å²) in [5.74, 6) is 0. The molecule has 1 aliphatic carbocycles. The molecule has 1 fully saturated rings. The summed E-state index contributed by atoms with van der Waals surface area (Å²) in [5.41, 5.74) is 11.7. The molecular weight excluding hydrogens is 150 g/mol. The van der Waals surface area contributed by atoms with Gasteiger partial charge in [0, 0.05) is 24.2 Å². The summed E-state index contributed by atoms with van der Waals surface area (Å²) in [6.07, 6.45) is 3.13. The van der Waals surface area contributed by atoms with Gasteiger partial charge in [-0.15, -0.1) is 0 Å². The number of nitrogens with one attached hydrogen (secondary N) is 1. The summed E-state index contributed by atoms with van der Waals surface area (Å²) < 4.78 is 0. The molecule has 0 saturated heterocycles. The smallest absolute Gasteiger partial charge is 0.00988 e. The van der Waals surface area contributed by atoms with Crippen molar-refractivity contribution in [2.24, 2.45) is 11.5 Å². The molecule has 0 radical (unpaired) electrons. The third-order valence-electron chi connectivity index (χ3n) is 2.35. The fourth-order valence-electron chi connectivity index (χ4n) is 2.02. The van der Waals surface area contributed by atoms with Crippen LogP contribution in [0.2, 0.25) is 0 Å². The zero-order valence-electron chi connectivity index (χ0n) is 8.09. The van der Waals surface area contributed by atoms with Crippen LogP contribution in [0.15, 0.2) is 0 Å². The van der Waals surface area contributed by atoms with Crippen LogP contribution in [0.1, 0.15) is 33.1 Å². The summed E-state index contributed by atoms with van der Waals surface area (Å²) in [5, 5.41) is 3.48. The van der Waals surface area contributed by atoms with Gasteiger partial charge in [-0.25, -0.2) is 0 Å². The van der Waals surface area contributed by atoms with E-state index >= 15 is 0 Å². The minimum atomic E-state index is 0.296. The molecule has 0 amide bonds. The molecule has 1 unspecified atom stereocenters. The molecule has 1 rings (SSSR count). The Hall–Kier alpha value is -0.120. The lowest BCUT2D eigenvalue weighted by Crippen LogP contribution is -2.49. The summed E-state index contributed by atoms with van der Waals surface area (Å²) in [6, 6.07) is 1.66. The van der Waals surface area contributed by atoms with Crippen molar-refractivity contribution in [1.82, 2.24) is 5.32 Å². The second kappa shape index (κ2) is 4.21. The molecule has 0 heterocycles. The topological polar surface area (TPSA) is 64.1 Å². The van der Waals surface area contributed by atoms with E-state index in [9.17, 15) is 0 Å². The largest absolute Gasteiger partial charge is 0.328 e. The molecule has 1 aliphatic rings. The summed E-state index contributed by atoms with van der Waals surface area (Å²) in [4.78, 5) is 0. The summed E-state index contributed by atoms with van der Waals surface area (Å²) in [7, 11) is 0. The Kier molecular flexibility index (Phi) is 3.50. The second-order valence-electron chi connectivity index (χ2n) is 4.25. The number of nitrogens with two attached hydrogens (primary N) is 2. The Balaban J connectivity index is 2.34. The van der Waals surface area contributed by atoms with Gasteiger partial charge in [0.25, 0.3) is 0 Å². The van der Waals surface area contributed by atoms with Gasteiger partial charge in [0.1, 0.15) is 0 Å². The molecule has 0 aromatic rings. The normalized spacial score (nSPS) is 37.2. The van der Waals surface area contributed by atoms with Crippen LogP contribution >= 0.6 is 0 Å². The van der Waals surface area contributed by atoms with E-state index in [2.05, 4.69) is 19.2 Å². The van der Waals surface area contributed by atoms with Gasteiger partial charge < -0.3 is 16.8 Å². The third kappa shape index (κ3) is 3.09. The first-order chi connectivity index (χ1) is 5.58. The summed E-state index contributed by atoms with van der Waals surface area (Å²) >= 11 is 0. The lowest BCUT2D eigenvalue weighted by Gasteiger charge is -2.32. The van der Waals surface area contributed by atoms with Crippen LogP contribution in [0.3, 0.4) is 0 Å². The predicted octanol–water partition coefficient (Wildman–Crippen LogP) is 0.192. The van der Waals surface area contributed by atoms with Crippen LogP contribution in [-0.4, -0.2) is 24.2 Å². The van der Waals surface area contributed by atoms with Crippen LogP contribution in [-0.2, 0) is 0 Å². The van der Waals surface area contributed by atoms with Gasteiger partial charge in [-0.05, 0) is 19.3 Å². The predicted molar refractivity (Wildman–Crippen MR) is 51.9 cm³/mol. The van der Waals surface area contributed by atoms with Crippen LogP contribution in [0.5, 0.6) is 0 Å². The van der Waals surface area contributed by atoms with Crippen LogP contribution in [0.25, 0.3) is 0 Å². The highest BCUT2D eigenvalue weighted by atomic mass is 15.0. The molecular formula is C9H21N3. The first kappa shape index (κ1) is 9.96. The lowest BCUT2D eigenvalue weighted by atomic mass is 9.88. The van der Waals surface area contributed by atoms with Crippen molar-refractivity contribution < 1.29 is 0 Å². The molecule has 1 saturated carbocycles. The van der Waals surface area contributed by atoms with E-state index < -0.39 is 0 Å². The molecule has 3 atom stereocenters. The highest BCUT2D eigenvalue weighted by Crippen LogP contribution is 2.16. The Morgan fingerprint density at radius 2 is 1.58 bits per heavy atom. The Bertz CT molecular complexity index is 123. The van der Waals surface area contributed by atoms with Gasteiger partial charge in [-0.2, -0.15) is 0 Å². The maximum absolute atomic E-state index is 5.87. The molecule has 3 nitrogen and oxygen atoms in total. The fourth-order valence-corrected chi connectivity index (χ4v) is 2.02. The zero-order valence-corrected chi connectivity index (χ0v) is 8.09. The van der Waals surface area contributed by atoms with Gasteiger partial charge in [0.2, 0.25) is 0 Å². The molecule has 0 aliphatic heterocycles. The Morgan fingerprint density at radius 3 is 2.00 bits per heavy atom. The molecule has 0 bridgehead atoms. The maximum Gasteiger partial charge on any atom is 0.00988 e. The van der Waals surface area contributed by atoms with Gasteiger partial charge in [-0.3, -0.25) is 0 Å². The van der Waals surface area contributed by atoms with E-state index in [0.717, 1.165) is 19.3 Å². The maximum atomic E-state index is 5.87. The monoisotopic (exact) mass is 171 g/mol. The zero-order chi connectivity index (χ0) is 9.14. The minimum absolute atomic E-state index is 0.296. The molecule has 0 spiro atoms. The average Bonchev–Trinajstić information content (AvgIpc) is 1.81. The van der Waals surface area contributed by atoms with Gasteiger partial charge in [0.15, 0.2) is 0 Å². The van der Waals surface area contributed by atoms with E-state index in [1.54, 1.807) is 0 Å². The van der Waals surface area contributed by atoms with Crippen molar-refractivity contribution in [3.63, 3.8) is 0 Å². The van der Waals surface area contributed by atoms with E-state index in [1.807, 2.05) is 0 Å². The second-order valence-corrected chi connectivity index (χ2v) is 4.25. The molecule has 72 valence electrons. The van der Waals surface area contributed by atoms with Crippen LogP contribution in [0, 0.1) is 0 Å². The third-order valence-corrected chi connectivity index (χ3v) is 2.35. The molecule has 12 heavy (non-hydrogen) atoms. The van der Waals surface area contributed by atoms with Crippen molar-refractivity contribution >= 4 is 0 Å². The first-order valence-corrected chi connectivity index (χ1v) is 4.85. The molecule has 5 N–H and O–H groups in total. The van der Waals surface area contributed by atoms with E-state index in [1.165, 1.54) is 0 Å². The highest BCUT2D eigenvalue weighted by Gasteiger charge is 2.24. The van der Waals surface area contributed by atoms with Crippen molar-refractivity contribution in [3.8, 4) is 0 Å². The Labute approximate surface area is 74.9 Å². The SMILES string of the molecule is CC(C)NC1C[C@@H](N)C[C@@H](N)C1. The first-order valence-electron chi connectivity index (χ1n) is 4.85. The van der Waals surface area contributed by atoms with Crippen molar-refractivity contribution in [1.29, 1.82) is 0 Å². The van der Waals surface area contributed by atoms with E-state index in [0.29, 0.717) is 24.2 Å². The number of hydrogen-bond donors (Lipinski definition) is 3. The van der Waals surface area contributed by atoms with Crippen molar-refractivity contribution in [3.05, 3.63) is 0 Å². The fraction of sp³-hybridized carbons (Fsp3) is 1.00. The molecule has 0 aromatic heterocycles. The lowest BCUT2D eigenvalue weighted by molar-refractivity contribution is 0.295. The number of hydrogen-bond acceptors (Lipinski definition) is 3. The molecule has 0 aromatic carbocycles. The minimum Gasteiger partial charge on any atom is -0.328 e. The standard InChI is InChI=1S/C9H21N3/c1-6(2)12-9-4-7(10)3-8(11)5-9/h6-9,12H,3-5,10-11H2,1-2H3/t7-,8+,9?. The quantitative estimate of drug-likeness (QED) is 0.556. The van der Waals surface area contributed by atoms with Crippen molar-refractivity contribution in [2.45, 2.75) is 57.3 Å². The van der Waals surface area contributed by atoms with Crippen molar-refractivity contribution in [2.75, 3.05) is 0 Å².